The van der Waals surface area contributed by atoms with E-state index in [9.17, 15) is 9.70 Å². The molecule has 1 aromatic rings. The number of nitrogens with zero attached hydrogens (tertiary/aromatic N) is 4. The third kappa shape index (κ3) is 2.22. The van der Waals surface area contributed by atoms with Crippen molar-refractivity contribution in [2.45, 2.75) is 6.92 Å². The lowest BCUT2D eigenvalue weighted by Gasteiger charge is -2.11. The minimum absolute atomic E-state index is 0.259. The molecule has 0 aromatic carbocycles. The summed E-state index contributed by atoms with van der Waals surface area (Å²) in [6.45, 7) is 1.35. The lowest BCUT2D eigenvalue weighted by molar-refractivity contribution is -0.114. The van der Waals surface area contributed by atoms with Crippen LogP contribution in [0.15, 0.2) is 17.8 Å². The molecule has 0 bridgehead atoms. The van der Waals surface area contributed by atoms with Gasteiger partial charge in [-0.15, -0.1) is 4.91 Å². The van der Waals surface area contributed by atoms with Gasteiger partial charge in [-0.05, 0) is 0 Å². The molecule has 7 nitrogen and oxygen atoms in total. The van der Waals surface area contributed by atoms with Crippen molar-refractivity contribution in [2.75, 3.05) is 17.4 Å². The first kappa shape index (κ1) is 10.0. The van der Waals surface area contributed by atoms with Crippen LogP contribution in [0, 0.1) is 4.91 Å². The summed E-state index contributed by atoms with van der Waals surface area (Å²) >= 11 is 0. The van der Waals surface area contributed by atoms with Crippen LogP contribution in [0.3, 0.4) is 0 Å². The summed E-state index contributed by atoms with van der Waals surface area (Å²) in [6.07, 6.45) is 2.66. The van der Waals surface area contributed by atoms with Gasteiger partial charge in [0.05, 0.1) is 11.5 Å². The number of nitroso groups, excluding NO2 is 1. The first-order chi connectivity index (χ1) is 6.65. The predicted molar refractivity (Wildman–Crippen MR) is 50.5 cm³/mol. The number of amides is 1. The van der Waals surface area contributed by atoms with Gasteiger partial charge in [-0.25, -0.2) is 15.0 Å². The highest BCUT2D eigenvalue weighted by molar-refractivity contribution is 5.90. The molecule has 1 heterocycles. The molecule has 0 atom stereocenters. The second kappa shape index (κ2) is 4.26. The summed E-state index contributed by atoms with van der Waals surface area (Å²) in [5, 5.41) is 6.17. The van der Waals surface area contributed by atoms with Gasteiger partial charge in [0.1, 0.15) is 12.0 Å². The monoisotopic (exact) mass is 195 g/mol. The van der Waals surface area contributed by atoms with Gasteiger partial charge in [0, 0.05) is 14.0 Å². The summed E-state index contributed by atoms with van der Waals surface area (Å²) in [6, 6.07) is 0. The summed E-state index contributed by atoms with van der Waals surface area (Å²) in [7, 11) is 1.44. The highest BCUT2D eigenvalue weighted by Gasteiger charge is 2.09. The molecule has 1 amide bonds. The van der Waals surface area contributed by atoms with E-state index in [1.165, 1.54) is 26.5 Å². The van der Waals surface area contributed by atoms with E-state index in [0.29, 0.717) is 5.69 Å². The van der Waals surface area contributed by atoms with Gasteiger partial charge < -0.3 is 5.32 Å². The van der Waals surface area contributed by atoms with Crippen LogP contribution < -0.4 is 10.3 Å². The van der Waals surface area contributed by atoms with Gasteiger partial charge in [0.15, 0.2) is 5.82 Å². The molecule has 7 heteroatoms. The maximum absolute atomic E-state index is 10.8. The fourth-order valence-electron chi connectivity index (χ4n) is 0.866. The second-order valence-corrected chi connectivity index (χ2v) is 2.54. The van der Waals surface area contributed by atoms with Crippen molar-refractivity contribution >= 4 is 17.4 Å². The lowest BCUT2D eigenvalue weighted by Crippen LogP contribution is -2.14. The molecular weight excluding hydrogens is 186 g/mol. The van der Waals surface area contributed by atoms with Crippen LogP contribution in [0.2, 0.25) is 0 Å². The second-order valence-electron chi connectivity index (χ2n) is 2.54. The molecule has 0 spiro atoms. The number of anilines is 2. The smallest absolute Gasteiger partial charge is 0.222 e. The van der Waals surface area contributed by atoms with Crippen LogP contribution in [-0.2, 0) is 4.79 Å². The molecule has 1 N–H and O–H groups in total. The SMILES string of the molecule is CC(=O)Nc1ncncc1N(C)N=O. The Morgan fingerprint density at radius 2 is 2.36 bits per heavy atom. The quantitative estimate of drug-likeness (QED) is 0.562. The first-order valence-corrected chi connectivity index (χ1v) is 3.79. The summed E-state index contributed by atoms with van der Waals surface area (Å²) in [4.78, 5) is 28.6. The number of rotatable bonds is 3. The molecule has 0 aliphatic rings. The maximum atomic E-state index is 10.8. The highest BCUT2D eigenvalue weighted by Crippen LogP contribution is 2.20. The van der Waals surface area contributed by atoms with E-state index in [2.05, 4.69) is 20.6 Å². The molecule has 0 saturated heterocycles. The normalized spacial score (nSPS) is 9.29. The topological polar surface area (TPSA) is 87.6 Å². The number of carbonyl (C=O) groups is 1. The fourth-order valence-corrected chi connectivity index (χ4v) is 0.866. The van der Waals surface area contributed by atoms with Gasteiger partial charge in [0.25, 0.3) is 0 Å². The van der Waals surface area contributed by atoms with Gasteiger partial charge in [0.2, 0.25) is 5.91 Å². The Morgan fingerprint density at radius 3 is 2.93 bits per heavy atom. The van der Waals surface area contributed by atoms with Crippen LogP contribution >= 0.6 is 0 Å². The number of hydrogen-bond acceptors (Lipinski definition) is 5. The van der Waals surface area contributed by atoms with Crippen LogP contribution in [0.25, 0.3) is 0 Å². The van der Waals surface area contributed by atoms with Crippen molar-refractivity contribution in [2.24, 2.45) is 5.29 Å². The maximum Gasteiger partial charge on any atom is 0.222 e. The number of nitrogens with one attached hydrogen (secondary N) is 1. The first-order valence-electron chi connectivity index (χ1n) is 3.79. The number of carbonyl (C=O) groups excluding carboxylic acids is 1. The van der Waals surface area contributed by atoms with Crippen molar-refractivity contribution in [3.05, 3.63) is 17.4 Å². The highest BCUT2D eigenvalue weighted by atomic mass is 16.3. The number of hydrogen-bond donors (Lipinski definition) is 1. The number of aromatic nitrogens is 2. The van der Waals surface area contributed by atoms with Gasteiger partial charge >= 0.3 is 0 Å². The Balaban J connectivity index is 3.02. The van der Waals surface area contributed by atoms with Crippen molar-refractivity contribution in [1.82, 2.24) is 9.97 Å². The molecule has 0 aliphatic carbocycles. The lowest BCUT2D eigenvalue weighted by atomic mass is 10.4. The zero-order chi connectivity index (χ0) is 10.6. The summed E-state index contributed by atoms with van der Waals surface area (Å²) in [5.41, 5.74) is 0.345. The Hall–Kier alpha value is -2.05. The van der Waals surface area contributed by atoms with Crippen LogP contribution in [0.4, 0.5) is 11.5 Å². The van der Waals surface area contributed by atoms with Crippen LogP contribution in [0.5, 0.6) is 0 Å². The molecule has 1 rings (SSSR count). The van der Waals surface area contributed by atoms with Crippen molar-refractivity contribution in [1.29, 1.82) is 0 Å². The molecule has 1 aromatic heterocycles. The average Bonchev–Trinajstić information content (AvgIpc) is 2.16. The van der Waals surface area contributed by atoms with Gasteiger partial charge in [-0.3, -0.25) is 4.79 Å². The zero-order valence-electron chi connectivity index (χ0n) is 7.76. The Kier molecular flexibility index (Phi) is 3.05. The summed E-state index contributed by atoms with van der Waals surface area (Å²) < 4.78 is 0. The minimum Gasteiger partial charge on any atom is -0.309 e. The molecule has 0 saturated carbocycles. The zero-order valence-corrected chi connectivity index (χ0v) is 7.76. The summed E-state index contributed by atoms with van der Waals surface area (Å²) in [5.74, 6) is -0.0150. The third-order valence-electron chi connectivity index (χ3n) is 1.46. The van der Waals surface area contributed by atoms with Gasteiger partial charge in [-0.2, -0.15) is 0 Å². The van der Waals surface area contributed by atoms with Crippen molar-refractivity contribution < 1.29 is 4.79 Å². The molecule has 0 unspecified atom stereocenters. The minimum atomic E-state index is -0.274. The van der Waals surface area contributed by atoms with E-state index < -0.39 is 0 Å². The Bertz CT molecular complexity index is 354. The van der Waals surface area contributed by atoms with E-state index >= 15 is 0 Å². The molecule has 74 valence electrons. The van der Waals surface area contributed by atoms with E-state index in [4.69, 9.17) is 0 Å². The van der Waals surface area contributed by atoms with E-state index in [0.717, 1.165) is 5.01 Å². The predicted octanol–water partition coefficient (Wildman–Crippen LogP) is 0.553. The van der Waals surface area contributed by atoms with Gasteiger partial charge in [-0.1, -0.05) is 0 Å². The molecule has 0 aliphatic heterocycles. The molecular formula is C7H9N5O2. The van der Waals surface area contributed by atoms with Crippen LogP contribution in [0.1, 0.15) is 6.92 Å². The van der Waals surface area contributed by atoms with Crippen LogP contribution in [-0.4, -0.2) is 22.9 Å². The fraction of sp³-hybridized carbons (Fsp3) is 0.286. The molecule has 0 radical (unpaired) electrons. The molecule has 0 fully saturated rings. The molecule has 14 heavy (non-hydrogen) atoms. The Labute approximate surface area is 80.1 Å². The van der Waals surface area contributed by atoms with E-state index in [-0.39, 0.29) is 11.7 Å². The third-order valence-corrected chi connectivity index (χ3v) is 1.46. The largest absolute Gasteiger partial charge is 0.309 e. The average molecular weight is 195 g/mol. The van der Waals surface area contributed by atoms with E-state index in [1.807, 2.05) is 0 Å². The van der Waals surface area contributed by atoms with E-state index in [1.54, 1.807) is 0 Å². The van der Waals surface area contributed by atoms with Crippen molar-refractivity contribution in [3.8, 4) is 0 Å². The standard InChI is InChI=1S/C7H9N5O2/c1-5(13)10-7-6(12(2)11-14)3-8-4-9-7/h3-4H,1-2H3,(H,8,9,10,13). The van der Waals surface area contributed by atoms with Crippen molar-refractivity contribution in [3.63, 3.8) is 0 Å². The Morgan fingerprint density at radius 1 is 1.64 bits per heavy atom.